The number of rotatable bonds is 2. The van der Waals surface area contributed by atoms with E-state index in [0.717, 1.165) is 11.3 Å². The molecule has 0 saturated carbocycles. The summed E-state index contributed by atoms with van der Waals surface area (Å²) >= 11 is 6.66. The van der Waals surface area contributed by atoms with Gasteiger partial charge in [0.2, 0.25) is 0 Å². The Balaban J connectivity index is 3.47. The molecular weight excluding hydrogens is 332 g/mol. The first-order valence-corrected chi connectivity index (χ1v) is 5.12. The number of nitro groups is 2. The van der Waals surface area contributed by atoms with Gasteiger partial charge in [0.25, 0.3) is 0 Å². The minimum absolute atomic E-state index is 0.135. The molecule has 13 heavy (non-hydrogen) atoms. The number of halogens is 2. The predicted molar refractivity (Wildman–Crippen MR) is 53.0 cm³/mol. The van der Waals surface area contributed by atoms with Crippen molar-refractivity contribution < 1.29 is 9.85 Å². The van der Waals surface area contributed by atoms with Crippen LogP contribution in [0.2, 0.25) is 0 Å². The van der Waals surface area contributed by atoms with Crippen molar-refractivity contribution >= 4 is 54.6 Å². The first-order chi connectivity index (χ1) is 5.95. The van der Waals surface area contributed by atoms with Crippen molar-refractivity contribution in [1.82, 2.24) is 0 Å². The smallest absolute Gasteiger partial charge is 0.258 e. The molecule has 1 aromatic rings. The fourth-order valence-corrected chi connectivity index (χ4v) is 3.66. The molecule has 0 aliphatic heterocycles. The molecule has 70 valence electrons. The largest absolute Gasteiger partial charge is 0.372 e. The molecule has 1 heterocycles. The van der Waals surface area contributed by atoms with Crippen molar-refractivity contribution in [2.24, 2.45) is 0 Å². The Bertz CT molecular complexity index is 355. The van der Waals surface area contributed by atoms with Crippen molar-refractivity contribution in [3.8, 4) is 0 Å². The highest BCUT2D eigenvalue weighted by atomic mass is 79.9. The maximum absolute atomic E-state index is 10.4. The zero-order valence-electron chi connectivity index (χ0n) is 5.69. The minimum atomic E-state index is -0.788. The average molecular weight is 332 g/mol. The molecule has 0 bridgehead atoms. The summed E-state index contributed by atoms with van der Waals surface area (Å²) in [6.07, 6.45) is 0. The third-order valence-corrected chi connectivity index (χ3v) is 3.61. The van der Waals surface area contributed by atoms with E-state index in [1.165, 1.54) is 0 Å². The second-order valence-electron chi connectivity index (χ2n) is 1.86. The zero-order chi connectivity index (χ0) is 10.2. The molecule has 0 aliphatic carbocycles. The van der Waals surface area contributed by atoms with Gasteiger partial charge < -0.3 is 0 Å². The molecule has 0 spiro atoms. The van der Waals surface area contributed by atoms with E-state index in [0.29, 0.717) is 0 Å². The number of hydrogen-bond acceptors (Lipinski definition) is 5. The Kier molecular flexibility index (Phi) is 2.98. The van der Waals surface area contributed by atoms with E-state index in [1.807, 2.05) is 0 Å². The van der Waals surface area contributed by atoms with Gasteiger partial charge in [-0.25, -0.2) is 0 Å². The summed E-state index contributed by atoms with van der Waals surface area (Å²) in [7, 11) is 0. The Morgan fingerprint density at radius 1 is 1.00 bits per heavy atom. The summed E-state index contributed by atoms with van der Waals surface area (Å²) < 4.78 is 0.271. The molecule has 9 heteroatoms. The van der Waals surface area contributed by atoms with Crippen LogP contribution in [-0.4, -0.2) is 9.85 Å². The van der Waals surface area contributed by atoms with E-state index < -0.39 is 21.2 Å². The van der Waals surface area contributed by atoms with Crippen LogP contribution in [0.5, 0.6) is 0 Å². The molecule has 0 unspecified atom stereocenters. The van der Waals surface area contributed by atoms with Gasteiger partial charge in [-0.1, -0.05) is 0 Å². The monoisotopic (exact) mass is 330 g/mol. The Morgan fingerprint density at radius 2 is 1.31 bits per heavy atom. The molecule has 6 nitrogen and oxygen atoms in total. The third-order valence-electron chi connectivity index (χ3n) is 1.14. The summed E-state index contributed by atoms with van der Waals surface area (Å²) in [5, 5.41) is 20.8. The molecule has 0 fully saturated rings. The third kappa shape index (κ3) is 1.86. The van der Waals surface area contributed by atoms with Crippen LogP contribution in [0, 0.1) is 20.2 Å². The Morgan fingerprint density at radius 3 is 1.54 bits per heavy atom. The van der Waals surface area contributed by atoms with Crippen molar-refractivity contribution in [2.45, 2.75) is 0 Å². The van der Waals surface area contributed by atoms with Gasteiger partial charge >= 0.3 is 11.4 Å². The predicted octanol–water partition coefficient (Wildman–Crippen LogP) is 3.09. The molecule has 0 atom stereocenters. The topological polar surface area (TPSA) is 86.3 Å². The normalized spacial score (nSPS) is 10.0. The number of hydrogen-bond donors (Lipinski definition) is 0. The average Bonchev–Trinajstić information content (AvgIpc) is 2.24. The van der Waals surface area contributed by atoms with Crippen LogP contribution in [0.25, 0.3) is 0 Å². The maximum atomic E-state index is 10.4. The SMILES string of the molecule is O=[N+]([O-])c1c(Br)sc(Br)c1[N+](=O)[O-]. The van der Waals surface area contributed by atoms with Crippen molar-refractivity contribution in [1.29, 1.82) is 0 Å². The van der Waals surface area contributed by atoms with Gasteiger partial charge in [0, 0.05) is 0 Å². The molecule has 1 rings (SSSR count). The first kappa shape index (κ1) is 10.5. The summed E-state index contributed by atoms with van der Waals surface area (Å²) in [5.74, 6) is 0. The summed E-state index contributed by atoms with van der Waals surface area (Å²) in [5.41, 5.74) is -1.02. The summed E-state index contributed by atoms with van der Waals surface area (Å²) in [4.78, 5) is 19.3. The zero-order valence-corrected chi connectivity index (χ0v) is 9.68. The van der Waals surface area contributed by atoms with Crippen LogP contribution in [0.4, 0.5) is 11.4 Å². The van der Waals surface area contributed by atoms with Crippen LogP contribution >= 0.6 is 43.2 Å². The van der Waals surface area contributed by atoms with Crippen molar-refractivity contribution in [2.75, 3.05) is 0 Å². The van der Waals surface area contributed by atoms with Gasteiger partial charge in [0.15, 0.2) is 7.57 Å². The molecular formula is C4Br2N2O4S. The molecule has 0 radical (unpaired) electrons. The maximum Gasteiger partial charge on any atom is 0.372 e. The van der Waals surface area contributed by atoms with Crippen LogP contribution in [-0.2, 0) is 0 Å². The lowest BCUT2D eigenvalue weighted by molar-refractivity contribution is -0.422. The quantitative estimate of drug-likeness (QED) is 0.615. The van der Waals surface area contributed by atoms with Crippen LogP contribution in [0.15, 0.2) is 7.57 Å². The lowest BCUT2D eigenvalue weighted by Crippen LogP contribution is -1.93. The fraction of sp³-hybridized carbons (Fsp3) is 0. The van der Waals surface area contributed by atoms with E-state index in [4.69, 9.17) is 0 Å². The fourth-order valence-electron chi connectivity index (χ4n) is 0.678. The Labute approximate surface area is 92.1 Å². The Hall–Kier alpha value is -0.540. The molecule has 0 saturated heterocycles. The van der Waals surface area contributed by atoms with Gasteiger partial charge in [-0.2, -0.15) is 0 Å². The highest BCUT2D eigenvalue weighted by Gasteiger charge is 2.34. The van der Waals surface area contributed by atoms with Gasteiger partial charge in [0.05, 0.1) is 9.85 Å². The lowest BCUT2D eigenvalue weighted by atomic mass is 10.5. The first-order valence-electron chi connectivity index (χ1n) is 2.71. The van der Waals surface area contributed by atoms with E-state index >= 15 is 0 Å². The van der Waals surface area contributed by atoms with Crippen molar-refractivity contribution in [3.63, 3.8) is 0 Å². The minimum Gasteiger partial charge on any atom is -0.258 e. The van der Waals surface area contributed by atoms with Crippen LogP contribution < -0.4 is 0 Å². The van der Waals surface area contributed by atoms with Gasteiger partial charge in [0.1, 0.15) is 0 Å². The van der Waals surface area contributed by atoms with E-state index in [1.54, 1.807) is 0 Å². The summed E-state index contributed by atoms with van der Waals surface area (Å²) in [6, 6.07) is 0. The molecule has 0 N–H and O–H groups in total. The van der Waals surface area contributed by atoms with E-state index in [9.17, 15) is 20.2 Å². The molecule has 0 aromatic carbocycles. The second-order valence-corrected chi connectivity index (χ2v) is 5.52. The van der Waals surface area contributed by atoms with Gasteiger partial charge in [-0.15, -0.1) is 11.3 Å². The van der Waals surface area contributed by atoms with E-state index in [2.05, 4.69) is 31.9 Å². The number of nitrogens with zero attached hydrogens (tertiary/aromatic N) is 2. The molecule has 1 aromatic heterocycles. The van der Waals surface area contributed by atoms with Gasteiger partial charge in [-0.3, -0.25) is 20.2 Å². The second kappa shape index (κ2) is 3.68. The molecule has 0 amide bonds. The van der Waals surface area contributed by atoms with Gasteiger partial charge in [-0.05, 0) is 31.9 Å². The molecule has 0 aliphatic rings. The van der Waals surface area contributed by atoms with Crippen LogP contribution in [0.3, 0.4) is 0 Å². The van der Waals surface area contributed by atoms with Crippen molar-refractivity contribution in [3.05, 3.63) is 27.8 Å². The standard InChI is InChI=1S/C4Br2N2O4S/c5-3-1(7(9)10)2(8(11)12)4(6)13-3. The van der Waals surface area contributed by atoms with Crippen LogP contribution in [0.1, 0.15) is 0 Å². The highest BCUT2D eigenvalue weighted by molar-refractivity contribution is 9.12. The lowest BCUT2D eigenvalue weighted by Gasteiger charge is -1.87. The summed E-state index contributed by atoms with van der Waals surface area (Å²) in [6.45, 7) is 0. The highest BCUT2D eigenvalue weighted by Crippen LogP contribution is 2.47. The number of thiophene rings is 1. The van der Waals surface area contributed by atoms with E-state index in [-0.39, 0.29) is 7.57 Å².